The summed E-state index contributed by atoms with van der Waals surface area (Å²) in [5.74, 6) is 0.0211. The van der Waals surface area contributed by atoms with Gasteiger partial charge >= 0.3 is 0 Å². The quantitative estimate of drug-likeness (QED) is 0.734. The van der Waals surface area contributed by atoms with Crippen molar-refractivity contribution in [3.8, 4) is 11.5 Å². The van der Waals surface area contributed by atoms with Crippen LogP contribution in [-0.2, 0) is 16.1 Å². The summed E-state index contributed by atoms with van der Waals surface area (Å²) in [5.41, 5.74) is 1.64. The third kappa shape index (κ3) is 5.16. The highest BCUT2D eigenvalue weighted by Gasteiger charge is 2.42. The highest BCUT2D eigenvalue weighted by atomic mass is 19.1. The minimum atomic E-state index is -0.441. The lowest BCUT2D eigenvalue weighted by atomic mass is 9.87. The average Bonchev–Trinajstić information content (AvgIpc) is 3.22. The first-order valence-electron chi connectivity index (χ1n) is 10.4. The zero-order chi connectivity index (χ0) is 22.5. The SMILES string of the molecule is COc1ccc(OC)c([C@@H]2CN(C(=O)C(C)C)C[C@@H]2C(=O)NCc2ccc(F)cc2)c1. The molecule has 2 amide bonds. The van der Waals surface area contributed by atoms with Crippen LogP contribution in [0, 0.1) is 17.7 Å². The molecule has 2 atom stereocenters. The van der Waals surface area contributed by atoms with Crippen LogP contribution in [0.1, 0.15) is 30.9 Å². The standard InChI is InChI=1S/C24H29FN2O4/c1-15(2)24(29)27-13-20(19-11-18(30-3)9-10-22(19)31-4)21(14-27)23(28)26-12-16-5-7-17(25)8-6-16/h5-11,15,20-21H,12-14H2,1-4H3,(H,26,28)/t20-,21-/m0/s1. The van der Waals surface area contributed by atoms with Gasteiger partial charge in [0.25, 0.3) is 0 Å². The van der Waals surface area contributed by atoms with E-state index in [9.17, 15) is 14.0 Å². The Morgan fingerprint density at radius 2 is 1.81 bits per heavy atom. The summed E-state index contributed by atoms with van der Waals surface area (Å²) in [6, 6.07) is 11.5. The molecule has 2 aromatic carbocycles. The molecule has 0 aliphatic carbocycles. The molecule has 0 bridgehead atoms. The zero-order valence-corrected chi connectivity index (χ0v) is 18.4. The number of benzene rings is 2. The van der Waals surface area contributed by atoms with Gasteiger partial charge in [-0.15, -0.1) is 0 Å². The van der Waals surface area contributed by atoms with Crippen molar-refractivity contribution in [2.24, 2.45) is 11.8 Å². The number of amides is 2. The third-order valence-electron chi connectivity index (χ3n) is 5.68. The van der Waals surface area contributed by atoms with E-state index in [-0.39, 0.29) is 36.0 Å². The van der Waals surface area contributed by atoms with E-state index in [2.05, 4.69) is 5.32 Å². The minimum Gasteiger partial charge on any atom is -0.497 e. The maximum atomic E-state index is 13.2. The van der Waals surface area contributed by atoms with Gasteiger partial charge in [0, 0.05) is 37.0 Å². The predicted octanol–water partition coefficient (Wildman–Crippen LogP) is 3.36. The Balaban J connectivity index is 1.86. The summed E-state index contributed by atoms with van der Waals surface area (Å²) in [6.45, 7) is 4.75. The second-order valence-electron chi connectivity index (χ2n) is 8.06. The molecule has 1 aliphatic rings. The Bertz CT molecular complexity index is 930. The average molecular weight is 429 g/mol. The van der Waals surface area contributed by atoms with E-state index in [0.29, 0.717) is 24.6 Å². The van der Waals surface area contributed by atoms with E-state index in [1.54, 1.807) is 37.3 Å². The maximum Gasteiger partial charge on any atom is 0.225 e. The van der Waals surface area contributed by atoms with Crippen LogP contribution in [-0.4, -0.2) is 44.0 Å². The maximum absolute atomic E-state index is 13.2. The van der Waals surface area contributed by atoms with Crippen LogP contribution in [0.2, 0.25) is 0 Å². The van der Waals surface area contributed by atoms with E-state index < -0.39 is 5.92 Å². The number of carbonyl (C=O) groups excluding carboxylic acids is 2. The fraction of sp³-hybridized carbons (Fsp3) is 0.417. The van der Waals surface area contributed by atoms with Crippen molar-refractivity contribution < 1.29 is 23.5 Å². The van der Waals surface area contributed by atoms with Gasteiger partial charge in [-0.3, -0.25) is 9.59 Å². The number of nitrogens with one attached hydrogen (secondary N) is 1. The summed E-state index contributed by atoms with van der Waals surface area (Å²) in [5, 5.41) is 2.94. The monoisotopic (exact) mass is 428 g/mol. The molecule has 31 heavy (non-hydrogen) atoms. The summed E-state index contributed by atoms with van der Waals surface area (Å²) in [7, 11) is 3.17. The lowest BCUT2D eigenvalue weighted by Gasteiger charge is -2.21. The molecule has 6 nitrogen and oxygen atoms in total. The summed E-state index contributed by atoms with van der Waals surface area (Å²) in [4.78, 5) is 27.6. The first-order valence-corrected chi connectivity index (χ1v) is 10.4. The Kier molecular flexibility index (Phi) is 7.15. The Labute approximate surface area is 182 Å². The largest absolute Gasteiger partial charge is 0.497 e. The summed E-state index contributed by atoms with van der Waals surface area (Å²) in [6.07, 6.45) is 0. The second-order valence-corrected chi connectivity index (χ2v) is 8.06. The molecule has 0 saturated carbocycles. The number of rotatable bonds is 7. The molecule has 166 valence electrons. The minimum absolute atomic E-state index is 0.0145. The van der Waals surface area contributed by atoms with E-state index in [1.807, 2.05) is 26.0 Å². The van der Waals surface area contributed by atoms with Crippen LogP contribution in [0.25, 0.3) is 0 Å². The van der Waals surface area contributed by atoms with Gasteiger partial charge in [0.1, 0.15) is 17.3 Å². The molecule has 0 aromatic heterocycles. The number of carbonyl (C=O) groups is 2. The molecule has 1 heterocycles. The molecule has 1 fully saturated rings. The molecule has 0 unspecified atom stereocenters. The van der Waals surface area contributed by atoms with Crippen molar-refractivity contribution in [1.82, 2.24) is 10.2 Å². The highest BCUT2D eigenvalue weighted by molar-refractivity contribution is 5.84. The van der Waals surface area contributed by atoms with E-state index >= 15 is 0 Å². The molecule has 0 radical (unpaired) electrons. The molecule has 7 heteroatoms. The first kappa shape index (κ1) is 22.6. The van der Waals surface area contributed by atoms with E-state index in [4.69, 9.17) is 9.47 Å². The molecule has 3 rings (SSSR count). The van der Waals surface area contributed by atoms with Crippen LogP contribution in [0.15, 0.2) is 42.5 Å². The first-order chi connectivity index (χ1) is 14.8. The number of likely N-dealkylation sites (tertiary alicyclic amines) is 1. The molecule has 1 aliphatic heterocycles. The molecule has 1 saturated heterocycles. The Hall–Kier alpha value is -3.09. The van der Waals surface area contributed by atoms with Crippen LogP contribution >= 0.6 is 0 Å². The molecule has 1 N–H and O–H groups in total. The second kappa shape index (κ2) is 9.81. The van der Waals surface area contributed by atoms with Crippen LogP contribution < -0.4 is 14.8 Å². The normalized spacial score (nSPS) is 18.2. The van der Waals surface area contributed by atoms with Gasteiger partial charge in [0.05, 0.1) is 20.1 Å². The smallest absolute Gasteiger partial charge is 0.225 e. The van der Waals surface area contributed by atoms with Gasteiger partial charge in [-0.2, -0.15) is 0 Å². The fourth-order valence-electron chi connectivity index (χ4n) is 3.98. The fourth-order valence-corrected chi connectivity index (χ4v) is 3.98. The molecule has 2 aromatic rings. The predicted molar refractivity (Wildman–Crippen MR) is 115 cm³/mol. The van der Waals surface area contributed by atoms with Crippen molar-refractivity contribution in [3.63, 3.8) is 0 Å². The van der Waals surface area contributed by atoms with Crippen molar-refractivity contribution in [1.29, 1.82) is 0 Å². The van der Waals surface area contributed by atoms with Crippen LogP contribution in [0.5, 0.6) is 11.5 Å². The van der Waals surface area contributed by atoms with E-state index in [0.717, 1.165) is 11.1 Å². The van der Waals surface area contributed by atoms with Gasteiger partial charge < -0.3 is 19.7 Å². The van der Waals surface area contributed by atoms with Gasteiger partial charge in [-0.05, 0) is 35.9 Å². The summed E-state index contributed by atoms with van der Waals surface area (Å²) >= 11 is 0. The van der Waals surface area contributed by atoms with Gasteiger partial charge in [-0.25, -0.2) is 4.39 Å². The highest BCUT2D eigenvalue weighted by Crippen LogP contribution is 2.40. The van der Waals surface area contributed by atoms with Crippen molar-refractivity contribution in [3.05, 3.63) is 59.4 Å². The van der Waals surface area contributed by atoms with Crippen LogP contribution in [0.3, 0.4) is 0 Å². The summed E-state index contributed by atoms with van der Waals surface area (Å²) < 4.78 is 24.1. The van der Waals surface area contributed by atoms with Crippen LogP contribution in [0.4, 0.5) is 4.39 Å². The van der Waals surface area contributed by atoms with Gasteiger partial charge in [0.2, 0.25) is 11.8 Å². The third-order valence-corrected chi connectivity index (χ3v) is 5.68. The molecular weight excluding hydrogens is 399 g/mol. The topological polar surface area (TPSA) is 67.9 Å². The zero-order valence-electron chi connectivity index (χ0n) is 18.4. The number of nitrogens with zero attached hydrogens (tertiary/aromatic N) is 1. The lowest BCUT2D eigenvalue weighted by Crippen LogP contribution is -2.36. The Morgan fingerprint density at radius 1 is 1.10 bits per heavy atom. The number of halogens is 1. The lowest BCUT2D eigenvalue weighted by molar-refractivity contribution is -0.133. The van der Waals surface area contributed by atoms with Crippen molar-refractivity contribution in [2.45, 2.75) is 26.3 Å². The molecule has 0 spiro atoms. The molecular formula is C24H29FN2O4. The Morgan fingerprint density at radius 3 is 2.42 bits per heavy atom. The number of ether oxygens (including phenoxy) is 2. The van der Waals surface area contributed by atoms with Crippen molar-refractivity contribution >= 4 is 11.8 Å². The number of hydrogen-bond acceptors (Lipinski definition) is 4. The van der Waals surface area contributed by atoms with E-state index in [1.165, 1.54) is 12.1 Å². The number of methoxy groups -OCH3 is 2. The van der Waals surface area contributed by atoms with Crippen molar-refractivity contribution in [2.75, 3.05) is 27.3 Å². The van der Waals surface area contributed by atoms with Gasteiger partial charge in [-0.1, -0.05) is 26.0 Å². The van der Waals surface area contributed by atoms with Gasteiger partial charge in [0.15, 0.2) is 0 Å². The number of hydrogen-bond donors (Lipinski definition) is 1.